The van der Waals surface area contributed by atoms with E-state index in [2.05, 4.69) is 10.2 Å². The van der Waals surface area contributed by atoms with Gasteiger partial charge < -0.3 is 39.6 Å². The number of hydrogen-bond acceptors (Lipinski definition) is 14. The second kappa shape index (κ2) is 24.2. The summed E-state index contributed by atoms with van der Waals surface area (Å²) in [5.74, 6) is -2.09. The van der Waals surface area contributed by atoms with E-state index in [1.54, 1.807) is 30.4 Å². The van der Waals surface area contributed by atoms with Crippen LogP contribution >= 0.6 is 0 Å². The molecular formula is C40H51F3N2O13. The van der Waals surface area contributed by atoms with E-state index in [1.165, 1.54) is 38.3 Å². The summed E-state index contributed by atoms with van der Waals surface area (Å²) in [6.07, 6.45) is 4.46. The average molecular weight is 825 g/mol. The number of carbonyl (C=O) groups is 3. The Morgan fingerprint density at radius 2 is 1.78 bits per heavy atom. The lowest BCUT2D eigenvalue weighted by molar-refractivity contribution is -0.492. The maximum atomic E-state index is 13.0. The van der Waals surface area contributed by atoms with Gasteiger partial charge in [-0.1, -0.05) is 42.5 Å². The topological polar surface area (TPSA) is 214 Å². The van der Waals surface area contributed by atoms with Gasteiger partial charge in [-0.25, -0.2) is 4.79 Å². The number of nitrogens with one attached hydrogen (secondary N) is 1. The number of unbranched alkanes of at least 4 members (excludes halogenated alkanes) is 1. The van der Waals surface area contributed by atoms with Crippen LogP contribution in [0.1, 0.15) is 63.0 Å². The van der Waals surface area contributed by atoms with E-state index in [0.29, 0.717) is 24.8 Å². The molecule has 0 bridgehead atoms. The molecule has 3 rings (SSSR count). The van der Waals surface area contributed by atoms with Crippen molar-refractivity contribution in [1.29, 1.82) is 0 Å². The van der Waals surface area contributed by atoms with E-state index in [1.807, 2.05) is 12.2 Å². The normalized spacial score (nSPS) is 19.5. The Morgan fingerprint density at radius 3 is 2.50 bits per heavy atom. The molecule has 15 nitrogen and oxygen atoms in total. The number of alkyl halides is 3. The molecule has 0 radical (unpaired) electrons. The molecule has 1 saturated carbocycles. The molecule has 6 atom stereocenters. The molecule has 58 heavy (non-hydrogen) atoms. The van der Waals surface area contributed by atoms with E-state index >= 15 is 0 Å². The predicted molar refractivity (Wildman–Crippen MR) is 200 cm³/mol. The van der Waals surface area contributed by atoms with Crippen molar-refractivity contribution in [2.45, 2.75) is 82.4 Å². The number of rotatable bonds is 23. The average Bonchev–Trinajstić information content (AvgIpc) is 3.45. The van der Waals surface area contributed by atoms with Gasteiger partial charge in [-0.3, -0.25) is 24.8 Å². The summed E-state index contributed by atoms with van der Waals surface area (Å²) in [7, 11) is 1.40. The number of aliphatic hydroxyl groups excluding tert-OH is 3. The highest BCUT2D eigenvalue weighted by Crippen LogP contribution is 2.37. The van der Waals surface area contributed by atoms with Crippen molar-refractivity contribution in [3.8, 4) is 17.2 Å². The zero-order chi connectivity index (χ0) is 42.7. The predicted octanol–water partition coefficient (Wildman–Crippen LogP) is 4.94. The second-order valence-corrected chi connectivity index (χ2v) is 13.4. The molecule has 1 aliphatic carbocycles. The highest BCUT2D eigenvalue weighted by atomic mass is 19.4. The maximum Gasteiger partial charge on any atom is 0.416 e. The lowest BCUT2D eigenvalue weighted by Gasteiger charge is -2.19. The van der Waals surface area contributed by atoms with Crippen molar-refractivity contribution in [3.63, 3.8) is 0 Å². The summed E-state index contributed by atoms with van der Waals surface area (Å²) < 4.78 is 60.0. The zero-order valence-corrected chi connectivity index (χ0v) is 32.1. The van der Waals surface area contributed by atoms with E-state index in [0.717, 1.165) is 12.1 Å². The number of benzene rings is 2. The smallest absolute Gasteiger partial charge is 0.416 e. The van der Waals surface area contributed by atoms with Crippen LogP contribution in [0.3, 0.4) is 0 Å². The zero-order valence-electron chi connectivity index (χ0n) is 32.1. The molecule has 0 aromatic heterocycles. The van der Waals surface area contributed by atoms with Crippen LogP contribution in [0.2, 0.25) is 0 Å². The van der Waals surface area contributed by atoms with Crippen molar-refractivity contribution >= 4 is 23.9 Å². The summed E-state index contributed by atoms with van der Waals surface area (Å²) in [5, 5.41) is 50.5. The number of methoxy groups -OCH3 is 1. The number of esters is 2. The van der Waals surface area contributed by atoms with Gasteiger partial charge in [0.05, 0.1) is 36.9 Å². The van der Waals surface area contributed by atoms with Crippen molar-refractivity contribution in [2.75, 3.05) is 26.9 Å². The summed E-state index contributed by atoms with van der Waals surface area (Å²) in [6.45, 7) is 1.08. The molecule has 2 aromatic rings. The standard InChI is InChI=1S/C40H51F3N2O13/c1-26(39(51)58-35-19-16-27(22-36(35)54-2)10-8-20-55-38(50)15-9-21-57-45(52)53)44-37(49)14-6-4-3-5-13-31-32(34(48)24-33(31)47)18-17-29(46)25-56-30-12-7-11-28(23-30)40(41,42)43/h3,5,7-8,10-12,16-19,22-23,26,29,31-34,46-48,52-53H,4,6,9,13-15,20-21,24-25H2,1-2H3,(H,44,49)/b5-3-,10-8+,18-17+/t26?,29-,31-,32-,33+,34-/m1/s1. The number of allylic oxidation sites excluding steroid dienone is 2. The first-order chi connectivity index (χ1) is 27.6. The van der Waals surface area contributed by atoms with E-state index in [9.17, 15) is 42.9 Å². The molecule has 1 amide bonds. The SMILES string of the molecule is COc1cc(/C=C/COC(=O)CCCON(O)O)ccc1OC(=O)C(C)NC(=O)CCC/C=C\C[C@@H]1[C@@H](/C=C/[C@@H](O)COc2cccc(C(F)(F)F)c2)[C@H](O)C[C@@H]1O. The lowest BCUT2D eigenvalue weighted by atomic mass is 9.89. The van der Waals surface area contributed by atoms with Gasteiger partial charge in [0.15, 0.2) is 11.5 Å². The van der Waals surface area contributed by atoms with Gasteiger partial charge in [-0.05, 0) is 80.5 Å². The molecular weight excluding hydrogens is 773 g/mol. The minimum absolute atomic E-state index is 0.0151. The maximum absolute atomic E-state index is 13.0. The van der Waals surface area contributed by atoms with Gasteiger partial charge in [-0.2, -0.15) is 13.2 Å². The van der Waals surface area contributed by atoms with Crippen LogP contribution < -0.4 is 19.5 Å². The molecule has 1 unspecified atom stereocenters. The number of carbonyl (C=O) groups excluding carboxylic acids is 3. The third kappa shape index (κ3) is 17.0. The largest absolute Gasteiger partial charge is 0.493 e. The highest BCUT2D eigenvalue weighted by molar-refractivity contribution is 5.85. The number of amides is 1. The fourth-order valence-corrected chi connectivity index (χ4v) is 5.92. The van der Waals surface area contributed by atoms with Gasteiger partial charge in [0.25, 0.3) is 0 Å². The quantitative estimate of drug-likeness (QED) is 0.0288. The van der Waals surface area contributed by atoms with Gasteiger partial charge in [-0.15, -0.1) is 0 Å². The van der Waals surface area contributed by atoms with Crippen molar-refractivity contribution < 1.29 is 77.1 Å². The van der Waals surface area contributed by atoms with Crippen LogP contribution in [-0.2, 0) is 30.1 Å². The van der Waals surface area contributed by atoms with Crippen molar-refractivity contribution in [1.82, 2.24) is 10.7 Å². The Balaban J connectivity index is 1.37. The number of halogens is 3. The van der Waals surface area contributed by atoms with Crippen LogP contribution in [0.15, 0.2) is 72.8 Å². The van der Waals surface area contributed by atoms with E-state index in [-0.39, 0.29) is 74.6 Å². The lowest BCUT2D eigenvalue weighted by Crippen LogP contribution is -2.40. The monoisotopic (exact) mass is 824 g/mol. The Bertz CT molecular complexity index is 1700. The molecule has 6 N–H and O–H groups in total. The molecule has 0 spiro atoms. The first-order valence-electron chi connectivity index (χ1n) is 18.6. The highest BCUT2D eigenvalue weighted by Gasteiger charge is 2.39. The van der Waals surface area contributed by atoms with Crippen LogP contribution in [0.5, 0.6) is 17.2 Å². The molecule has 1 aliphatic rings. The first-order valence-corrected chi connectivity index (χ1v) is 18.6. The molecule has 18 heteroatoms. The van der Waals surface area contributed by atoms with Gasteiger partial charge >= 0.3 is 18.1 Å². The minimum Gasteiger partial charge on any atom is -0.493 e. The summed E-state index contributed by atoms with van der Waals surface area (Å²) in [5.41, 5.74) is -0.211. The molecule has 0 saturated heterocycles. The number of aliphatic hydroxyl groups is 3. The van der Waals surface area contributed by atoms with E-state index < -0.39 is 59.3 Å². The van der Waals surface area contributed by atoms with Crippen LogP contribution in [0.4, 0.5) is 13.2 Å². The van der Waals surface area contributed by atoms with Gasteiger partial charge in [0.1, 0.15) is 31.1 Å². The number of hydrogen-bond donors (Lipinski definition) is 6. The molecule has 0 aliphatic heterocycles. The van der Waals surface area contributed by atoms with Crippen LogP contribution in [0.25, 0.3) is 6.08 Å². The fourth-order valence-electron chi connectivity index (χ4n) is 5.92. The van der Waals surface area contributed by atoms with Crippen LogP contribution in [-0.4, -0.2) is 100 Å². The summed E-state index contributed by atoms with van der Waals surface area (Å²) in [4.78, 5) is 41.4. The Hall–Kier alpha value is -4.82. The second-order valence-electron chi connectivity index (χ2n) is 13.4. The molecule has 2 aromatic carbocycles. The summed E-state index contributed by atoms with van der Waals surface area (Å²) >= 11 is 0. The van der Waals surface area contributed by atoms with Gasteiger partial charge in [0, 0.05) is 25.2 Å². The first kappa shape index (κ1) is 47.6. The number of nitrogens with zero attached hydrogens (tertiary/aromatic N) is 1. The Morgan fingerprint density at radius 1 is 1.00 bits per heavy atom. The molecule has 1 fully saturated rings. The molecule has 0 heterocycles. The van der Waals surface area contributed by atoms with Gasteiger partial charge in [0.2, 0.25) is 5.91 Å². The Kier molecular flexibility index (Phi) is 19.8. The van der Waals surface area contributed by atoms with Crippen molar-refractivity contribution in [2.24, 2.45) is 11.8 Å². The Labute approximate surface area is 333 Å². The van der Waals surface area contributed by atoms with Crippen LogP contribution in [0, 0.1) is 11.8 Å². The van der Waals surface area contributed by atoms with Crippen molar-refractivity contribution in [3.05, 3.63) is 84.0 Å². The van der Waals surface area contributed by atoms with E-state index in [4.69, 9.17) is 29.4 Å². The number of ether oxygens (including phenoxy) is 4. The summed E-state index contributed by atoms with van der Waals surface area (Å²) in [6, 6.07) is 8.11. The minimum atomic E-state index is -4.53. The fraction of sp³-hybridized carbons (Fsp3) is 0.475. The molecule has 320 valence electrons. The third-order valence-corrected chi connectivity index (χ3v) is 8.92. The third-order valence-electron chi connectivity index (χ3n) is 8.92.